The summed E-state index contributed by atoms with van der Waals surface area (Å²) in [6, 6.07) is 69.1. The lowest BCUT2D eigenvalue weighted by molar-refractivity contribution is 0.660. The molecule has 0 aromatic heterocycles. The number of anilines is 3. The SMILES string of the molecule is [C-]#[N+]c1ccc(C2(c3ccc(C#N)cc3)c3ccccc3-c3ccc(N(c4ccc(-c5ccccc5)cc4)c4ccc5c(c4)C(C)(C)c4ccccc4-5)cc32)cc1. The molecule has 0 aliphatic heterocycles. The van der Waals surface area contributed by atoms with Gasteiger partial charge >= 0.3 is 0 Å². The molecule has 8 aromatic carbocycles. The predicted molar refractivity (Wildman–Crippen MR) is 232 cm³/mol. The van der Waals surface area contributed by atoms with E-state index in [0.29, 0.717) is 11.3 Å². The Morgan fingerprint density at radius 2 is 0.965 bits per heavy atom. The largest absolute Gasteiger partial charge is 0.310 e. The van der Waals surface area contributed by atoms with E-state index >= 15 is 0 Å². The summed E-state index contributed by atoms with van der Waals surface area (Å²) in [7, 11) is 0. The van der Waals surface area contributed by atoms with E-state index in [9.17, 15) is 5.26 Å². The molecule has 0 radical (unpaired) electrons. The second-order valence-electron chi connectivity index (χ2n) is 15.5. The van der Waals surface area contributed by atoms with E-state index < -0.39 is 5.41 Å². The molecular weight excluding hydrogens is 691 g/mol. The first-order chi connectivity index (χ1) is 27.9. The van der Waals surface area contributed by atoms with Crippen LogP contribution in [-0.4, -0.2) is 0 Å². The van der Waals surface area contributed by atoms with Crippen molar-refractivity contribution in [2.75, 3.05) is 4.90 Å². The van der Waals surface area contributed by atoms with E-state index in [1.54, 1.807) is 0 Å². The third kappa shape index (κ3) is 5.17. The van der Waals surface area contributed by atoms with Gasteiger partial charge in [0.25, 0.3) is 0 Å². The summed E-state index contributed by atoms with van der Waals surface area (Å²) in [5.41, 5.74) is 17.9. The summed E-state index contributed by atoms with van der Waals surface area (Å²) in [4.78, 5) is 6.12. The highest BCUT2D eigenvalue weighted by atomic mass is 15.1. The van der Waals surface area contributed by atoms with Crippen molar-refractivity contribution in [1.29, 1.82) is 5.26 Å². The van der Waals surface area contributed by atoms with Crippen molar-refractivity contribution >= 4 is 22.7 Å². The van der Waals surface area contributed by atoms with Gasteiger partial charge in [0.1, 0.15) is 0 Å². The normalized spacial score (nSPS) is 15.4. The summed E-state index contributed by atoms with van der Waals surface area (Å²) in [6.45, 7) is 12.4. The Bertz CT molecular complexity index is 2870. The standard InChI is InChI=1S/C54H37N3/c1-53(2)49-15-9-7-13-45(49)47-31-29-43(33-51(47)53)57(42-27-19-38(20-28-42)37-11-5-4-6-12-37)44-30-32-48-46-14-8-10-16-50(46)54(52(48)34-44,39-21-17-36(35-55)18-22-39)40-23-25-41(56-3)26-24-40/h4-34H,1-2H3. The topological polar surface area (TPSA) is 31.4 Å². The minimum atomic E-state index is -0.707. The van der Waals surface area contributed by atoms with Crippen molar-refractivity contribution in [2.24, 2.45) is 0 Å². The second kappa shape index (κ2) is 13.1. The molecule has 3 heteroatoms. The number of nitriles is 1. The summed E-state index contributed by atoms with van der Waals surface area (Å²) < 4.78 is 0. The van der Waals surface area contributed by atoms with Gasteiger partial charge in [0.15, 0.2) is 5.69 Å². The zero-order valence-corrected chi connectivity index (χ0v) is 31.7. The molecule has 0 bridgehead atoms. The van der Waals surface area contributed by atoms with Crippen LogP contribution in [0.5, 0.6) is 0 Å². The first kappa shape index (κ1) is 34.1. The number of rotatable bonds is 6. The quantitative estimate of drug-likeness (QED) is 0.160. The maximum Gasteiger partial charge on any atom is 0.187 e. The molecule has 1 atom stereocenters. The van der Waals surface area contributed by atoms with Gasteiger partial charge in [-0.3, -0.25) is 0 Å². The molecule has 1 unspecified atom stereocenters. The van der Waals surface area contributed by atoms with Crippen LogP contribution in [0.15, 0.2) is 188 Å². The van der Waals surface area contributed by atoms with E-state index in [1.807, 2.05) is 24.3 Å². The molecule has 0 fully saturated rings. The van der Waals surface area contributed by atoms with Crippen LogP contribution in [0.25, 0.3) is 38.2 Å². The molecule has 0 heterocycles. The van der Waals surface area contributed by atoms with Gasteiger partial charge in [0.2, 0.25) is 0 Å². The van der Waals surface area contributed by atoms with Crippen LogP contribution < -0.4 is 4.90 Å². The maximum atomic E-state index is 9.80. The van der Waals surface area contributed by atoms with Crippen LogP contribution in [-0.2, 0) is 10.8 Å². The lowest BCUT2D eigenvalue weighted by Gasteiger charge is -2.35. The Morgan fingerprint density at radius 1 is 0.474 bits per heavy atom. The lowest BCUT2D eigenvalue weighted by atomic mass is 9.67. The third-order valence-corrected chi connectivity index (χ3v) is 12.2. The summed E-state index contributed by atoms with van der Waals surface area (Å²) in [5.74, 6) is 0. The average molecular weight is 728 g/mol. The van der Waals surface area contributed by atoms with E-state index in [-0.39, 0.29) is 5.41 Å². The smallest absolute Gasteiger partial charge is 0.187 e. The molecule has 0 saturated carbocycles. The summed E-state index contributed by atoms with van der Waals surface area (Å²) in [6.07, 6.45) is 0. The number of fused-ring (bicyclic) bond motifs is 6. The van der Waals surface area contributed by atoms with E-state index in [1.165, 1.54) is 38.9 Å². The molecule has 0 saturated heterocycles. The molecule has 268 valence electrons. The van der Waals surface area contributed by atoms with Crippen LogP contribution in [0.3, 0.4) is 0 Å². The van der Waals surface area contributed by atoms with Crippen molar-refractivity contribution in [2.45, 2.75) is 24.7 Å². The molecule has 0 amide bonds. The molecule has 2 aliphatic carbocycles. The van der Waals surface area contributed by atoms with Gasteiger partial charge in [-0.15, -0.1) is 0 Å². The van der Waals surface area contributed by atoms with Gasteiger partial charge in [-0.2, -0.15) is 5.26 Å². The zero-order valence-electron chi connectivity index (χ0n) is 31.7. The van der Waals surface area contributed by atoms with E-state index in [4.69, 9.17) is 6.57 Å². The van der Waals surface area contributed by atoms with Crippen LogP contribution >= 0.6 is 0 Å². The Kier molecular flexibility index (Phi) is 7.82. The Balaban J connectivity index is 1.22. The summed E-state index contributed by atoms with van der Waals surface area (Å²) >= 11 is 0. The van der Waals surface area contributed by atoms with Crippen molar-refractivity contribution in [3.8, 4) is 39.4 Å². The fraction of sp³-hybridized carbons (Fsp3) is 0.0741. The predicted octanol–water partition coefficient (Wildman–Crippen LogP) is 13.9. The van der Waals surface area contributed by atoms with Gasteiger partial charge in [-0.1, -0.05) is 153 Å². The van der Waals surface area contributed by atoms with Gasteiger partial charge in [0.05, 0.1) is 23.6 Å². The minimum absolute atomic E-state index is 0.160. The van der Waals surface area contributed by atoms with Crippen LogP contribution in [0, 0.1) is 17.9 Å². The van der Waals surface area contributed by atoms with Crippen LogP contribution in [0.4, 0.5) is 22.7 Å². The monoisotopic (exact) mass is 727 g/mol. The molecule has 10 rings (SSSR count). The minimum Gasteiger partial charge on any atom is -0.310 e. The summed E-state index contributed by atoms with van der Waals surface area (Å²) in [5, 5.41) is 9.80. The first-order valence-electron chi connectivity index (χ1n) is 19.3. The van der Waals surface area contributed by atoms with E-state index in [0.717, 1.165) is 44.9 Å². The number of nitrogens with zero attached hydrogens (tertiary/aromatic N) is 3. The van der Waals surface area contributed by atoms with E-state index in [2.05, 4.69) is 193 Å². The van der Waals surface area contributed by atoms with Crippen LogP contribution in [0.1, 0.15) is 52.8 Å². The Labute approximate surface area is 334 Å². The van der Waals surface area contributed by atoms with Gasteiger partial charge in [-0.05, 0) is 115 Å². The number of hydrogen-bond acceptors (Lipinski definition) is 2. The van der Waals surface area contributed by atoms with Crippen molar-refractivity contribution in [1.82, 2.24) is 0 Å². The fourth-order valence-corrected chi connectivity index (χ4v) is 9.49. The Morgan fingerprint density at radius 3 is 1.60 bits per heavy atom. The zero-order chi connectivity index (χ0) is 38.7. The van der Waals surface area contributed by atoms with Gasteiger partial charge in [0, 0.05) is 22.5 Å². The molecular formula is C54H37N3. The molecule has 3 nitrogen and oxygen atoms in total. The maximum absolute atomic E-state index is 9.80. The number of benzene rings is 8. The molecule has 2 aliphatic rings. The Hall–Kier alpha value is -7.46. The highest BCUT2D eigenvalue weighted by Crippen LogP contribution is 2.58. The third-order valence-electron chi connectivity index (χ3n) is 12.2. The van der Waals surface area contributed by atoms with Crippen molar-refractivity contribution in [3.05, 3.63) is 238 Å². The molecule has 0 N–H and O–H groups in total. The number of hydrogen-bond donors (Lipinski definition) is 0. The van der Waals surface area contributed by atoms with Crippen LogP contribution in [0.2, 0.25) is 0 Å². The fourth-order valence-electron chi connectivity index (χ4n) is 9.49. The van der Waals surface area contributed by atoms with Crippen molar-refractivity contribution < 1.29 is 0 Å². The van der Waals surface area contributed by atoms with Gasteiger partial charge < -0.3 is 4.90 Å². The average Bonchev–Trinajstić information content (AvgIpc) is 3.69. The molecule has 57 heavy (non-hydrogen) atoms. The van der Waals surface area contributed by atoms with Crippen molar-refractivity contribution in [3.63, 3.8) is 0 Å². The highest BCUT2D eigenvalue weighted by molar-refractivity contribution is 5.91. The first-order valence-corrected chi connectivity index (χ1v) is 19.3. The highest BCUT2D eigenvalue weighted by Gasteiger charge is 2.46. The molecule has 8 aromatic rings. The lowest BCUT2D eigenvalue weighted by Crippen LogP contribution is -2.28. The second-order valence-corrected chi connectivity index (χ2v) is 15.5. The van der Waals surface area contributed by atoms with Gasteiger partial charge in [-0.25, -0.2) is 4.85 Å². The molecule has 0 spiro atoms.